The van der Waals surface area contributed by atoms with E-state index in [1.54, 1.807) is 4.90 Å². The van der Waals surface area contributed by atoms with Crippen molar-refractivity contribution in [2.45, 2.75) is 25.3 Å². The molecule has 3 aromatic rings. The van der Waals surface area contributed by atoms with E-state index in [0.717, 1.165) is 43.1 Å². The maximum absolute atomic E-state index is 11.9. The molecule has 0 bridgehead atoms. The number of amides is 1. The van der Waals surface area contributed by atoms with E-state index < -0.39 is 0 Å². The summed E-state index contributed by atoms with van der Waals surface area (Å²) in [6.45, 7) is 7.40. The average Bonchev–Trinajstić information content (AvgIpc) is 3.51. The molecule has 1 saturated carbocycles. The van der Waals surface area contributed by atoms with Crippen LogP contribution in [0.25, 0.3) is 10.9 Å². The van der Waals surface area contributed by atoms with Gasteiger partial charge in [0.15, 0.2) is 0 Å². The third kappa shape index (κ3) is 3.48. The molecule has 0 radical (unpaired) electrons. The summed E-state index contributed by atoms with van der Waals surface area (Å²) >= 11 is 0. The van der Waals surface area contributed by atoms with Crippen molar-refractivity contribution in [1.29, 1.82) is 0 Å². The van der Waals surface area contributed by atoms with Gasteiger partial charge in [0.25, 0.3) is 0 Å². The van der Waals surface area contributed by atoms with Gasteiger partial charge in [-0.15, -0.1) is 0 Å². The van der Waals surface area contributed by atoms with Crippen molar-refractivity contribution in [1.82, 2.24) is 9.88 Å². The molecule has 2 aliphatic heterocycles. The number of cyclic esters (lactones) is 1. The molecule has 1 amide bonds. The zero-order valence-electron chi connectivity index (χ0n) is 18.4. The minimum Gasteiger partial charge on any atom is -0.447 e. The van der Waals surface area contributed by atoms with E-state index in [1.165, 1.54) is 23.1 Å². The van der Waals surface area contributed by atoms with Crippen LogP contribution in [0.4, 0.5) is 16.2 Å². The number of hydrogen-bond donors (Lipinski definition) is 0. The molecule has 0 N–H and O–H groups in total. The Morgan fingerprint density at radius 2 is 1.81 bits per heavy atom. The summed E-state index contributed by atoms with van der Waals surface area (Å²) in [7, 11) is 0. The summed E-state index contributed by atoms with van der Waals surface area (Å²) in [5, 5.41) is 1.24. The highest BCUT2D eigenvalue weighted by Gasteiger charge is 2.43. The maximum Gasteiger partial charge on any atom is 0.414 e. The fourth-order valence-corrected chi connectivity index (χ4v) is 5.31. The number of hydrogen-bond acceptors (Lipinski definition) is 5. The van der Waals surface area contributed by atoms with E-state index in [0.29, 0.717) is 25.1 Å². The Bertz CT molecular complexity index is 1170. The second kappa shape index (κ2) is 7.78. The van der Waals surface area contributed by atoms with Gasteiger partial charge in [0, 0.05) is 60.6 Å². The summed E-state index contributed by atoms with van der Waals surface area (Å²) < 4.78 is 5.10. The van der Waals surface area contributed by atoms with E-state index in [-0.39, 0.29) is 6.09 Å². The van der Waals surface area contributed by atoms with Gasteiger partial charge < -0.3 is 9.64 Å². The molecule has 6 nitrogen and oxygen atoms in total. The smallest absolute Gasteiger partial charge is 0.414 e. The van der Waals surface area contributed by atoms with Gasteiger partial charge >= 0.3 is 6.09 Å². The summed E-state index contributed by atoms with van der Waals surface area (Å²) in [6.07, 6.45) is 0.968. The number of nitrogens with zero attached hydrogens (tertiary/aromatic N) is 4. The van der Waals surface area contributed by atoms with Crippen LogP contribution in [0, 0.1) is 6.92 Å². The summed E-state index contributed by atoms with van der Waals surface area (Å²) in [5.41, 5.74) is 5.73. The Balaban J connectivity index is 1.12. The molecular formula is C26H28N4O2. The summed E-state index contributed by atoms with van der Waals surface area (Å²) in [5.74, 6) is 0.560. The number of aryl methyl sites for hydroxylation is 1. The first-order valence-corrected chi connectivity index (χ1v) is 11.6. The Kier molecular flexibility index (Phi) is 4.76. The van der Waals surface area contributed by atoms with Gasteiger partial charge in [-0.2, -0.15) is 0 Å². The lowest BCUT2D eigenvalue weighted by Gasteiger charge is -2.37. The lowest BCUT2D eigenvalue weighted by Crippen LogP contribution is -2.47. The van der Waals surface area contributed by atoms with E-state index in [1.807, 2.05) is 13.0 Å². The zero-order chi connectivity index (χ0) is 21.7. The van der Waals surface area contributed by atoms with Crippen molar-refractivity contribution in [3.05, 3.63) is 65.9 Å². The van der Waals surface area contributed by atoms with E-state index in [2.05, 4.69) is 58.3 Å². The number of ether oxygens (including phenoxy) is 1. The van der Waals surface area contributed by atoms with Gasteiger partial charge in [0.1, 0.15) is 6.61 Å². The van der Waals surface area contributed by atoms with Gasteiger partial charge in [0.05, 0.1) is 12.1 Å². The number of carbonyl (C=O) groups excluding carboxylic acids is 1. The molecule has 1 aliphatic carbocycles. The normalized spacial score (nSPS) is 23.6. The van der Waals surface area contributed by atoms with E-state index in [4.69, 9.17) is 9.72 Å². The van der Waals surface area contributed by atoms with Crippen molar-refractivity contribution < 1.29 is 9.53 Å². The highest BCUT2D eigenvalue weighted by atomic mass is 16.6. The zero-order valence-corrected chi connectivity index (χ0v) is 18.4. The van der Waals surface area contributed by atoms with Crippen LogP contribution in [-0.2, 0) is 4.74 Å². The molecule has 3 fully saturated rings. The highest BCUT2D eigenvalue weighted by molar-refractivity contribution is 5.92. The number of benzene rings is 2. The number of carbonyl (C=O) groups is 1. The fourth-order valence-electron chi connectivity index (χ4n) is 5.31. The van der Waals surface area contributed by atoms with Crippen LogP contribution < -0.4 is 9.80 Å². The molecule has 3 heterocycles. The first-order chi connectivity index (χ1) is 15.7. The SMILES string of the molecule is Cc1ccc2c(N3CCN([C@@H]4C[C@H]4c4cccc(N5CCOC5=O)c4)CC3)cccc2n1. The Morgan fingerprint density at radius 1 is 0.969 bits per heavy atom. The number of aromatic nitrogens is 1. The minimum absolute atomic E-state index is 0.232. The monoisotopic (exact) mass is 428 g/mol. The van der Waals surface area contributed by atoms with Crippen LogP contribution in [0.15, 0.2) is 54.6 Å². The van der Waals surface area contributed by atoms with Crippen molar-refractivity contribution in [2.24, 2.45) is 0 Å². The second-order valence-corrected chi connectivity index (χ2v) is 9.09. The Hall–Kier alpha value is -3.12. The molecule has 3 aliphatic rings. The molecule has 0 unspecified atom stereocenters. The van der Waals surface area contributed by atoms with Crippen LogP contribution in [0.3, 0.4) is 0 Å². The molecule has 0 spiro atoms. The molecule has 164 valence electrons. The molecule has 2 aromatic carbocycles. The van der Waals surface area contributed by atoms with Crippen molar-refractivity contribution in [3.63, 3.8) is 0 Å². The van der Waals surface area contributed by atoms with Gasteiger partial charge in [-0.3, -0.25) is 14.8 Å². The Labute approximate surface area is 188 Å². The third-order valence-electron chi connectivity index (χ3n) is 7.10. The minimum atomic E-state index is -0.232. The van der Waals surface area contributed by atoms with Gasteiger partial charge in [-0.25, -0.2) is 4.79 Å². The molecule has 2 atom stereocenters. The molecule has 32 heavy (non-hydrogen) atoms. The maximum atomic E-state index is 11.9. The van der Waals surface area contributed by atoms with Gasteiger partial charge in [0.2, 0.25) is 0 Å². The van der Waals surface area contributed by atoms with E-state index >= 15 is 0 Å². The number of anilines is 2. The lowest BCUT2D eigenvalue weighted by atomic mass is 10.1. The van der Waals surface area contributed by atoms with E-state index in [9.17, 15) is 4.79 Å². The number of rotatable bonds is 4. The molecular weight excluding hydrogens is 400 g/mol. The predicted molar refractivity (Wildman–Crippen MR) is 127 cm³/mol. The van der Waals surface area contributed by atoms with Crippen molar-refractivity contribution in [3.8, 4) is 0 Å². The van der Waals surface area contributed by atoms with Gasteiger partial charge in [-0.1, -0.05) is 18.2 Å². The van der Waals surface area contributed by atoms with Crippen LogP contribution in [0.5, 0.6) is 0 Å². The lowest BCUT2D eigenvalue weighted by molar-refractivity contribution is 0.181. The summed E-state index contributed by atoms with van der Waals surface area (Å²) in [6, 6.07) is 19.8. The molecule has 2 saturated heterocycles. The first kappa shape index (κ1) is 19.6. The molecule has 1 aromatic heterocycles. The van der Waals surface area contributed by atoms with Crippen molar-refractivity contribution >= 4 is 28.4 Å². The van der Waals surface area contributed by atoms with Crippen LogP contribution in [-0.4, -0.2) is 61.3 Å². The number of fused-ring (bicyclic) bond motifs is 1. The fraction of sp³-hybridized carbons (Fsp3) is 0.385. The number of pyridine rings is 1. The highest BCUT2D eigenvalue weighted by Crippen LogP contribution is 2.46. The average molecular weight is 429 g/mol. The summed E-state index contributed by atoms with van der Waals surface area (Å²) in [4.78, 5) is 23.5. The molecule has 6 heteroatoms. The predicted octanol–water partition coefficient (Wildman–Crippen LogP) is 4.18. The van der Waals surface area contributed by atoms with Crippen LogP contribution in [0.1, 0.15) is 23.6 Å². The standard InChI is InChI=1S/C26H28N4O2/c1-18-8-9-21-23(27-18)6-3-7-24(21)28-10-12-29(13-11-28)25-17-22(25)19-4-2-5-20(16-19)30-14-15-32-26(30)31/h2-9,16,22,25H,10-15,17H2,1H3/t22-,25+/m0/s1. The quantitative estimate of drug-likeness (QED) is 0.624. The first-order valence-electron chi connectivity index (χ1n) is 11.6. The largest absolute Gasteiger partial charge is 0.447 e. The number of piperazine rings is 1. The molecule has 6 rings (SSSR count). The van der Waals surface area contributed by atoms with Gasteiger partial charge in [-0.05, 0) is 55.3 Å². The second-order valence-electron chi connectivity index (χ2n) is 9.09. The third-order valence-corrected chi connectivity index (χ3v) is 7.10. The topological polar surface area (TPSA) is 48.9 Å². The van der Waals surface area contributed by atoms with Crippen LogP contribution >= 0.6 is 0 Å². The van der Waals surface area contributed by atoms with Crippen molar-refractivity contribution in [2.75, 3.05) is 49.1 Å². The Morgan fingerprint density at radius 3 is 2.62 bits per heavy atom. The van der Waals surface area contributed by atoms with Crippen LogP contribution in [0.2, 0.25) is 0 Å².